The van der Waals surface area contributed by atoms with E-state index in [1.165, 1.54) is 0 Å². The maximum Gasteiger partial charge on any atom is 0.416 e. The van der Waals surface area contributed by atoms with Crippen LogP contribution >= 0.6 is 0 Å². The minimum absolute atomic E-state index is 0.0206. The number of nitrogens with zero attached hydrogens (tertiary/aromatic N) is 2. The highest BCUT2D eigenvalue weighted by atomic mass is 19.4. The van der Waals surface area contributed by atoms with Gasteiger partial charge in [-0.3, -0.25) is 9.59 Å². The molecule has 1 fully saturated rings. The molecule has 0 radical (unpaired) electrons. The van der Waals surface area contributed by atoms with Gasteiger partial charge in [0.05, 0.1) is 18.7 Å². The van der Waals surface area contributed by atoms with E-state index in [4.69, 9.17) is 4.74 Å². The second-order valence-electron chi connectivity index (χ2n) is 8.98. The zero-order valence-corrected chi connectivity index (χ0v) is 20.5. The fourth-order valence-corrected chi connectivity index (χ4v) is 4.16. The van der Waals surface area contributed by atoms with Crippen LogP contribution in [0.4, 0.5) is 23.2 Å². The van der Waals surface area contributed by atoms with Gasteiger partial charge in [-0.15, -0.1) is 0 Å². The Morgan fingerprint density at radius 2 is 1.55 bits per heavy atom. The molecule has 0 aromatic heterocycles. The lowest BCUT2D eigenvalue weighted by molar-refractivity contribution is -0.137. The van der Waals surface area contributed by atoms with Gasteiger partial charge in [0.2, 0.25) is 11.8 Å². The molecule has 1 heterocycles. The van der Waals surface area contributed by atoms with E-state index in [1.54, 1.807) is 34.1 Å². The molecule has 0 spiro atoms. The summed E-state index contributed by atoms with van der Waals surface area (Å²) in [6.07, 6.45) is -2.86. The van der Waals surface area contributed by atoms with Crippen molar-refractivity contribution in [2.75, 3.05) is 31.1 Å². The Balaban J connectivity index is 1.44. The first-order valence-corrected chi connectivity index (χ1v) is 12.2. The average molecular weight is 530 g/mol. The summed E-state index contributed by atoms with van der Waals surface area (Å²) in [6.45, 7) is 0.746. The van der Waals surface area contributed by atoms with E-state index in [2.05, 4.69) is 5.32 Å². The minimum atomic E-state index is -4.70. The number of nitrogens with one attached hydrogen (secondary N) is 1. The van der Waals surface area contributed by atoms with E-state index in [0.717, 1.165) is 25.0 Å². The van der Waals surface area contributed by atoms with Gasteiger partial charge < -0.3 is 19.9 Å². The van der Waals surface area contributed by atoms with Gasteiger partial charge in [0, 0.05) is 25.3 Å². The summed E-state index contributed by atoms with van der Waals surface area (Å²) >= 11 is 0. The summed E-state index contributed by atoms with van der Waals surface area (Å²) in [5, 5.41) is 2.53. The number of ether oxygens (including phenoxy) is 1. The molecule has 0 saturated carbocycles. The number of halogens is 4. The first-order valence-electron chi connectivity index (χ1n) is 12.2. The summed E-state index contributed by atoms with van der Waals surface area (Å²) in [7, 11) is 0. The van der Waals surface area contributed by atoms with Crippen LogP contribution in [0.5, 0.6) is 11.5 Å². The number of anilines is 1. The maximum absolute atomic E-state index is 13.7. The second kappa shape index (κ2) is 12.0. The van der Waals surface area contributed by atoms with Crippen LogP contribution < -0.4 is 15.0 Å². The van der Waals surface area contributed by atoms with Gasteiger partial charge in [-0.25, -0.2) is 4.39 Å². The highest BCUT2D eigenvalue weighted by Gasteiger charge is 2.31. The largest absolute Gasteiger partial charge is 0.457 e. The van der Waals surface area contributed by atoms with Gasteiger partial charge in [0.1, 0.15) is 17.3 Å². The molecule has 2 amide bonds. The highest BCUT2D eigenvalue weighted by molar-refractivity contribution is 5.86. The lowest BCUT2D eigenvalue weighted by atomic mass is 10.1. The van der Waals surface area contributed by atoms with E-state index >= 15 is 0 Å². The van der Waals surface area contributed by atoms with Crippen molar-refractivity contribution >= 4 is 17.5 Å². The molecule has 10 heteroatoms. The number of hydrogen-bond donors (Lipinski definition) is 1. The van der Waals surface area contributed by atoms with Crippen LogP contribution in [0.2, 0.25) is 0 Å². The van der Waals surface area contributed by atoms with Gasteiger partial charge in [-0.05, 0) is 73.0 Å². The third kappa shape index (κ3) is 7.47. The lowest BCUT2D eigenvalue weighted by Gasteiger charge is -2.26. The van der Waals surface area contributed by atoms with E-state index < -0.39 is 23.5 Å². The number of para-hydroxylation sites is 1. The molecule has 0 atom stereocenters. The Bertz CT molecular complexity index is 1240. The number of amides is 2. The standard InChI is InChI=1S/C28H27F4N3O3/c29-22-15-20(14-21(16-22)28(30,31)32)17-33-26(36)18-35(19-27(37)34-12-4-5-13-34)23-8-10-25(11-9-23)38-24-6-2-1-3-7-24/h1-3,6-11,14-16H,4-5,12-13,17-19H2,(H,33,36). The molecule has 1 aliphatic heterocycles. The minimum Gasteiger partial charge on any atom is -0.457 e. The van der Waals surface area contributed by atoms with Crippen molar-refractivity contribution in [3.05, 3.63) is 89.7 Å². The third-order valence-corrected chi connectivity index (χ3v) is 6.07. The summed E-state index contributed by atoms with van der Waals surface area (Å²) in [4.78, 5) is 28.9. The Labute approximate surface area is 217 Å². The topological polar surface area (TPSA) is 61.9 Å². The lowest BCUT2D eigenvalue weighted by Crippen LogP contribution is -2.43. The summed E-state index contributed by atoms with van der Waals surface area (Å²) < 4.78 is 58.5. The molecule has 1 saturated heterocycles. The molecule has 0 bridgehead atoms. The number of likely N-dealkylation sites (tertiary alicyclic amines) is 1. The Hall–Kier alpha value is -4.08. The van der Waals surface area contributed by atoms with Crippen LogP contribution in [0.15, 0.2) is 72.8 Å². The molecule has 38 heavy (non-hydrogen) atoms. The predicted octanol–water partition coefficient (Wildman–Crippen LogP) is 5.38. The Morgan fingerprint density at radius 3 is 2.21 bits per heavy atom. The number of hydrogen-bond acceptors (Lipinski definition) is 4. The fourth-order valence-electron chi connectivity index (χ4n) is 4.16. The van der Waals surface area contributed by atoms with Crippen molar-refractivity contribution in [2.24, 2.45) is 0 Å². The van der Waals surface area contributed by atoms with E-state index in [0.29, 0.717) is 36.3 Å². The van der Waals surface area contributed by atoms with Crippen molar-refractivity contribution in [1.29, 1.82) is 0 Å². The van der Waals surface area contributed by atoms with Crippen LogP contribution in [0, 0.1) is 5.82 Å². The number of carbonyl (C=O) groups excluding carboxylic acids is 2. The van der Waals surface area contributed by atoms with Crippen LogP contribution in [0.3, 0.4) is 0 Å². The number of rotatable bonds is 9. The first-order chi connectivity index (χ1) is 18.2. The van der Waals surface area contributed by atoms with Crippen molar-refractivity contribution in [3.8, 4) is 11.5 Å². The number of benzene rings is 3. The summed E-state index contributed by atoms with van der Waals surface area (Å²) in [5.74, 6) is -0.463. The molecule has 1 N–H and O–H groups in total. The molecule has 3 aromatic carbocycles. The van der Waals surface area contributed by atoms with Crippen LogP contribution in [-0.4, -0.2) is 42.9 Å². The molecule has 3 aromatic rings. The van der Waals surface area contributed by atoms with Crippen molar-refractivity contribution in [2.45, 2.75) is 25.6 Å². The SMILES string of the molecule is O=C(CN(CC(=O)N1CCCC1)c1ccc(Oc2ccccc2)cc1)NCc1cc(F)cc(C(F)(F)F)c1. The van der Waals surface area contributed by atoms with Crippen molar-refractivity contribution in [3.63, 3.8) is 0 Å². The van der Waals surface area contributed by atoms with Crippen LogP contribution in [0.25, 0.3) is 0 Å². The monoisotopic (exact) mass is 529 g/mol. The molecule has 200 valence electrons. The zero-order chi connectivity index (χ0) is 27.1. The Kier molecular flexibility index (Phi) is 8.50. The van der Waals surface area contributed by atoms with Crippen molar-refractivity contribution < 1.29 is 31.9 Å². The predicted molar refractivity (Wildman–Crippen MR) is 134 cm³/mol. The average Bonchev–Trinajstić information content (AvgIpc) is 3.43. The van der Waals surface area contributed by atoms with Crippen LogP contribution in [-0.2, 0) is 22.3 Å². The van der Waals surface area contributed by atoms with E-state index in [-0.39, 0.29) is 31.1 Å². The second-order valence-corrected chi connectivity index (χ2v) is 8.98. The number of carbonyl (C=O) groups is 2. The summed E-state index contributed by atoms with van der Waals surface area (Å²) in [5.41, 5.74) is -0.552. The molecular weight excluding hydrogens is 502 g/mol. The molecule has 0 aliphatic carbocycles. The first kappa shape index (κ1) is 27.0. The molecule has 4 rings (SSSR count). The van der Waals surface area contributed by atoms with E-state index in [1.807, 2.05) is 30.3 Å². The van der Waals surface area contributed by atoms with Gasteiger partial charge in [-0.2, -0.15) is 13.2 Å². The zero-order valence-electron chi connectivity index (χ0n) is 20.5. The van der Waals surface area contributed by atoms with Gasteiger partial charge >= 0.3 is 6.18 Å². The molecular formula is C28H27F4N3O3. The van der Waals surface area contributed by atoms with Gasteiger partial charge in [0.15, 0.2) is 0 Å². The summed E-state index contributed by atoms with van der Waals surface area (Å²) in [6, 6.07) is 18.2. The molecule has 6 nitrogen and oxygen atoms in total. The highest BCUT2D eigenvalue weighted by Crippen LogP contribution is 2.30. The normalized spacial score (nSPS) is 13.3. The quantitative estimate of drug-likeness (QED) is 0.378. The molecule has 0 unspecified atom stereocenters. The number of alkyl halides is 3. The van der Waals surface area contributed by atoms with Gasteiger partial charge in [0.25, 0.3) is 0 Å². The maximum atomic E-state index is 13.7. The van der Waals surface area contributed by atoms with Crippen LogP contribution in [0.1, 0.15) is 24.0 Å². The fraction of sp³-hybridized carbons (Fsp3) is 0.286. The smallest absolute Gasteiger partial charge is 0.416 e. The van der Waals surface area contributed by atoms with E-state index in [9.17, 15) is 27.2 Å². The third-order valence-electron chi connectivity index (χ3n) is 6.07. The van der Waals surface area contributed by atoms with Crippen molar-refractivity contribution in [1.82, 2.24) is 10.2 Å². The molecule has 1 aliphatic rings. The Morgan fingerprint density at radius 1 is 0.895 bits per heavy atom. The van der Waals surface area contributed by atoms with Gasteiger partial charge in [-0.1, -0.05) is 18.2 Å².